The summed E-state index contributed by atoms with van der Waals surface area (Å²) >= 11 is 0. The van der Waals surface area contributed by atoms with Crippen LogP contribution in [0.1, 0.15) is 37.7 Å². The summed E-state index contributed by atoms with van der Waals surface area (Å²) in [4.78, 5) is 16.8. The van der Waals surface area contributed by atoms with Crippen LogP contribution in [0, 0.1) is 23.1 Å². The lowest BCUT2D eigenvalue weighted by molar-refractivity contribution is -0.116. The fourth-order valence-corrected chi connectivity index (χ4v) is 3.23. The summed E-state index contributed by atoms with van der Waals surface area (Å²) in [5, 5.41) is 9.48. The highest BCUT2D eigenvalue weighted by molar-refractivity contribution is 6.02. The Morgan fingerprint density at radius 1 is 1.38 bits per heavy atom. The van der Waals surface area contributed by atoms with Crippen molar-refractivity contribution >= 4 is 11.5 Å². The number of hydrogen-bond acceptors (Lipinski definition) is 3. The number of benzene rings is 1. The van der Waals surface area contributed by atoms with Crippen LogP contribution in [0.3, 0.4) is 0 Å². The van der Waals surface area contributed by atoms with Crippen LogP contribution in [0.5, 0.6) is 0 Å². The molecule has 0 bridgehead atoms. The van der Waals surface area contributed by atoms with E-state index in [0.717, 1.165) is 18.5 Å². The minimum absolute atomic E-state index is 0.0435. The van der Waals surface area contributed by atoms with E-state index in [1.165, 1.54) is 12.1 Å². The molecule has 0 fully saturated rings. The Morgan fingerprint density at radius 3 is 2.90 bits per heavy atom. The molecule has 0 amide bonds. The standard InChI is InChI=1S/C17H15FN2O/c1-10-13(9-19)16(11-4-2-5-12(18)8-11)17-14(20-10)6-3-7-15(17)21/h2,4-5,8,13,16H,3,6-7H2,1H3/t13?,16-/m0/s1. The van der Waals surface area contributed by atoms with Gasteiger partial charge in [-0.15, -0.1) is 0 Å². The fourth-order valence-electron chi connectivity index (χ4n) is 3.23. The minimum atomic E-state index is -0.507. The normalized spacial score (nSPS) is 25.2. The van der Waals surface area contributed by atoms with Crippen LogP contribution in [-0.2, 0) is 4.79 Å². The monoisotopic (exact) mass is 282 g/mol. The zero-order valence-electron chi connectivity index (χ0n) is 11.8. The molecule has 0 N–H and O–H groups in total. The van der Waals surface area contributed by atoms with Crippen LogP contribution in [-0.4, -0.2) is 11.5 Å². The number of Topliss-reactive ketones (excluding diaryl/α,β-unsaturated/α-hetero) is 1. The maximum Gasteiger partial charge on any atom is 0.161 e. The van der Waals surface area contributed by atoms with Gasteiger partial charge in [-0.1, -0.05) is 12.1 Å². The number of halogens is 1. The predicted molar refractivity (Wildman–Crippen MR) is 77.2 cm³/mol. The van der Waals surface area contributed by atoms with Crippen LogP contribution < -0.4 is 0 Å². The van der Waals surface area contributed by atoms with E-state index in [-0.39, 0.29) is 11.6 Å². The first kappa shape index (κ1) is 13.7. The molecule has 2 aliphatic rings. The van der Waals surface area contributed by atoms with E-state index in [9.17, 15) is 14.4 Å². The van der Waals surface area contributed by atoms with Gasteiger partial charge < -0.3 is 0 Å². The molecule has 21 heavy (non-hydrogen) atoms. The Bertz CT molecular complexity index is 712. The number of rotatable bonds is 1. The molecule has 1 aromatic rings. The molecule has 1 unspecified atom stereocenters. The van der Waals surface area contributed by atoms with Crippen LogP contribution in [0.2, 0.25) is 0 Å². The smallest absolute Gasteiger partial charge is 0.161 e. The Morgan fingerprint density at radius 2 is 2.19 bits per heavy atom. The molecule has 2 atom stereocenters. The zero-order chi connectivity index (χ0) is 15.0. The second kappa shape index (κ2) is 5.25. The number of nitrogens with zero attached hydrogens (tertiary/aromatic N) is 2. The molecule has 4 heteroatoms. The van der Waals surface area contributed by atoms with Crippen LogP contribution in [0.15, 0.2) is 40.5 Å². The summed E-state index contributed by atoms with van der Waals surface area (Å²) in [6.45, 7) is 1.81. The fraction of sp³-hybridized carbons (Fsp3) is 0.353. The Balaban J connectivity index is 2.19. The molecule has 3 nitrogen and oxygen atoms in total. The third kappa shape index (κ3) is 2.29. The lowest BCUT2D eigenvalue weighted by Gasteiger charge is -2.32. The molecule has 0 aromatic heterocycles. The quantitative estimate of drug-likeness (QED) is 0.791. The van der Waals surface area contributed by atoms with Gasteiger partial charge in [-0.2, -0.15) is 5.26 Å². The van der Waals surface area contributed by atoms with Crippen molar-refractivity contribution in [3.63, 3.8) is 0 Å². The first-order valence-electron chi connectivity index (χ1n) is 7.08. The molecule has 1 aromatic carbocycles. The lowest BCUT2D eigenvalue weighted by atomic mass is 9.72. The van der Waals surface area contributed by atoms with Crippen molar-refractivity contribution in [2.45, 2.75) is 32.1 Å². The molecule has 0 saturated carbocycles. The highest BCUT2D eigenvalue weighted by Crippen LogP contribution is 2.42. The summed E-state index contributed by atoms with van der Waals surface area (Å²) < 4.78 is 13.6. The minimum Gasteiger partial charge on any atom is -0.294 e. The van der Waals surface area contributed by atoms with E-state index in [4.69, 9.17) is 0 Å². The number of aliphatic imine (C=N–C) groups is 1. The van der Waals surface area contributed by atoms with Crippen molar-refractivity contribution in [2.24, 2.45) is 10.9 Å². The van der Waals surface area contributed by atoms with Gasteiger partial charge in [0.2, 0.25) is 0 Å². The maximum atomic E-state index is 13.6. The van der Waals surface area contributed by atoms with E-state index >= 15 is 0 Å². The molecule has 0 spiro atoms. The molecular formula is C17H15FN2O. The molecule has 0 saturated heterocycles. The third-order valence-corrected chi connectivity index (χ3v) is 4.18. The number of nitriles is 1. The average molecular weight is 282 g/mol. The van der Waals surface area contributed by atoms with Gasteiger partial charge in [0.25, 0.3) is 0 Å². The third-order valence-electron chi connectivity index (χ3n) is 4.18. The van der Waals surface area contributed by atoms with Gasteiger partial charge in [0, 0.05) is 29.3 Å². The van der Waals surface area contributed by atoms with E-state index in [1.54, 1.807) is 12.1 Å². The van der Waals surface area contributed by atoms with Gasteiger partial charge in [-0.25, -0.2) is 4.39 Å². The van der Waals surface area contributed by atoms with E-state index in [0.29, 0.717) is 23.3 Å². The number of allylic oxidation sites excluding steroid dienone is 2. The first-order chi connectivity index (χ1) is 10.1. The average Bonchev–Trinajstić information content (AvgIpc) is 2.46. The zero-order valence-corrected chi connectivity index (χ0v) is 11.8. The molecule has 1 heterocycles. The van der Waals surface area contributed by atoms with Gasteiger partial charge in [-0.05, 0) is 37.5 Å². The lowest BCUT2D eigenvalue weighted by Crippen LogP contribution is -2.30. The molecule has 1 aliphatic heterocycles. The summed E-state index contributed by atoms with van der Waals surface area (Å²) in [5.41, 5.74) is 2.78. The molecule has 1 aliphatic carbocycles. The summed E-state index contributed by atoms with van der Waals surface area (Å²) in [5.74, 6) is -1.21. The van der Waals surface area contributed by atoms with Gasteiger partial charge in [0.05, 0.1) is 12.0 Å². The predicted octanol–water partition coefficient (Wildman–Crippen LogP) is 3.53. The van der Waals surface area contributed by atoms with Gasteiger partial charge in [-0.3, -0.25) is 9.79 Å². The van der Waals surface area contributed by atoms with Crippen LogP contribution >= 0.6 is 0 Å². The topological polar surface area (TPSA) is 53.2 Å². The molecule has 106 valence electrons. The summed E-state index contributed by atoms with van der Waals surface area (Å²) in [7, 11) is 0. The highest BCUT2D eigenvalue weighted by atomic mass is 19.1. The van der Waals surface area contributed by atoms with Crippen LogP contribution in [0.4, 0.5) is 4.39 Å². The highest BCUT2D eigenvalue weighted by Gasteiger charge is 2.38. The number of hydrogen-bond donors (Lipinski definition) is 0. The largest absolute Gasteiger partial charge is 0.294 e. The molecular weight excluding hydrogens is 267 g/mol. The van der Waals surface area contributed by atoms with Crippen molar-refractivity contribution < 1.29 is 9.18 Å². The van der Waals surface area contributed by atoms with Crippen LogP contribution in [0.25, 0.3) is 0 Å². The Labute approximate surface area is 122 Å². The summed E-state index contributed by atoms with van der Waals surface area (Å²) in [6, 6.07) is 8.42. The second-order valence-corrected chi connectivity index (χ2v) is 5.53. The van der Waals surface area contributed by atoms with Crippen molar-refractivity contribution in [1.29, 1.82) is 5.26 Å². The van der Waals surface area contributed by atoms with Gasteiger partial charge >= 0.3 is 0 Å². The van der Waals surface area contributed by atoms with Gasteiger partial charge in [0.1, 0.15) is 5.82 Å². The van der Waals surface area contributed by atoms with Crippen molar-refractivity contribution in [2.75, 3.05) is 0 Å². The molecule has 0 radical (unpaired) electrons. The maximum absolute atomic E-state index is 13.6. The van der Waals surface area contributed by atoms with Gasteiger partial charge in [0.15, 0.2) is 5.78 Å². The van der Waals surface area contributed by atoms with Crippen molar-refractivity contribution in [1.82, 2.24) is 0 Å². The Hall–Kier alpha value is -2.28. The van der Waals surface area contributed by atoms with E-state index in [1.807, 2.05) is 6.92 Å². The van der Waals surface area contributed by atoms with Crippen molar-refractivity contribution in [3.05, 3.63) is 46.9 Å². The SMILES string of the molecule is CC1=NC2=C(C(=O)CCC2)[C@@H](c2cccc(F)c2)C1C#N. The molecule has 3 rings (SSSR count). The summed E-state index contributed by atoms with van der Waals surface area (Å²) in [6.07, 6.45) is 2.03. The second-order valence-electron chi connectivity index (χ2n) is 5.53. The Kier molecular flexibility index (Phi) is 3.42. The first-order valence-corrected chi connectivity index (χ1v) is 7.08. The number of ketones is 1. The van der Waals surface area contributed by atoms with Crippen molar-refractivity contribution in [3.8, 4) is 6.07 Å². The van der Waals surface area contributed by atoms with E-state index < -0.39 is 11.8 Å². The number of carbonyl (C=O) groups is 1. The van der Waals surface area contributed by atoms with E-state index in [2.05, 4.69) is 11.1 Å². The number of carbonyl (C=O) groups excluding carboxylic acids is 1.